The van der Waals surface area contributed by atoms with Crippen molar-refractivity contribution in [2.75, 3.05) is 38.7 Å². The van der Waals surface area contributed by atoms with Crippen LogP contribution in [0.25, 0.3) is 0 Å². The Labute approximate surface area is 154 Å². The first-order valence-electron chi connectivity index (χ1n) is 8.51. The quantitative estimate of drug-likeness (QED) is 0.686. The third-order valence-corrected chi connectivity index (χ3v) is 6.78. The minimum Gasteiger partial charge on any atom is -0.301 e. The maximum Gasteiger partial charge on any atom is 0.0242 e. The Balaban J connectivity index is 1.78. The van der Waals surface area contributed by atoms with Crippen LogP contribution in [0.2, 0.25) is 0 Å². The molecular weight excluding hydrogens is 332 g/mol. The number of nitrogens with zero attached hydrogens (tertiary/aromatic N) is 2. The van der Waals surface area contributed by atoms with Gasteiger partial charge in [0.05, 0.1) is 0 Å². The van der Waals surface area contributed by atoms with Crippen LogP contribution < -0.4 is 0 Å². The number of rotatable bonds is 0. The second kappa shape index (κ2) is 8.95. The fourth-order valence-electron chi connectivity index (χ4n) is 2.93. The number of benzene rings is 2. The van der Waals surface area contributed by atoms with E-state index in [2.05, 4.69) is 72.4 Å². The SMILES string of the molecule is CN1CCN(C)Cc2ccccc2SCCSc2ccccc2C1. The van der Waals surface area contributed by atoms with Crippen LogP contribution in [-0.4, -0.2) is 48.5 Å². The third kappa shape index (κ3) is 5.03. The highest BCUT2D eigenvalue weighted by atomic mass is 32.2. The second-order valence-corrected chi connectivity index (χ2v) is 8.66. The molecule has 2 aromatic carbocycles. The molecule has 1 aliphatic heterocycles. The molecule has 1 aliphatic rings. The fraction of sp³-hybridized carbons (Fsp3) is 0.400. The van der Waals surface area contributed by atoms with E-state index in [-0.39, 0.29) is 0 Å². The Morgan fingerprint density at radius 3 is 1.54 bits per heavy atom. The summed E-state index contributed by atoms with van der Waals surface area (Å²) in [4.78, 5) is 7.73. The van der Waals surface area contributed by atoms with Crippen molar-refractivity contribution in [3.05, 3.63) is 59.7 Å². The minimum atomic E-state index is 1.03. The van der Waals surface area contributed by atoms with Crippen LogP contribution >= 0.6 is 23.5 Å². The lowest BCUT2D eigenvalue weighted by molar-refractivity contribution is 0.245. The normalized spacial score (nSPS) is 18.4. The average Bonchev–Trinajstić information content (AvgIpc) is 2.59. The van der Waals surface area contributed by atoms with Gasteiger partial charge in [0.2, 0.25) is 0 Å². The number of hydrogen-bond acceptors (Lipinski definition) is 4. The molecule has 0 radical (unpaired) electrons. The van der Waals surface area contributed by atoms with E-state index in [1.165, 1.54) is 20.9 Å². The highest BCUT2D eigenvalue weighted by Crippen LogP contribution is 2.28. The van der Waals surface area contributed by atoms with E-state index >= 15 is 0 Å². The van der Waals surface area contributed by atoms with Crippen LogP contribution in [0.5, 0.6) is 0 Å². The summed E-state index contributed by atoms with van der Waals surface area (Å²) in [5, 5.41) is 0. The molecule has 0 atom stereocenters. The molecule has 4 heteroatoms. The molecule has 0 saturated carbocycles. The molecule has 0 fully saturated rings. The molecule has 128 valence electrons. The van der Waals surface area contributed by atoms with Crippen LogP contribution in [0, 0.1) is 0 Å². The van der Waals surface area contributed by atoms with Gasteiger partial charge in [0.1, 0.15) is 0 Å². The van der Waals surface area contributed by atoms with E-state index in [1.54, 1.807) is 0 Å². The van der Waals surface area contributed by atoms with Crippen LogP contribution in [-0.2, 0) is 13.1 Å². The second-order valence-electron chi connectivity index (χ2n) is 6.39. The molecule has 0 amide bonds. The van der Waals surface area contributed by atoms with Gasteiger partial charge in [-0.2, -0.15) is 0 Å². The first-order valence-corrected chi connectivity index (χ1v) is 10.5. The van der Waals surface area contributed by atoms with Gasteiger partial charge < -0.3 is 9.80 Å². The molecule has 0 spiro atoms. The van der Waals surface area contributed by atoms with E-state index in [0.717, 1.165) is 37.7 Å². The summed E-state index contributed by atoms with van der Waals surface area (Å²) in [6.07, 6.45) is 0. The lowest BCUT2D eigenvalue weighted by Crippen LogP contribution is -2.30. The first kappa shape index (κ1) is 17.9. The van der Waals surface area contributed by atoms with E-state index in [0.29, 0.717) is 0 Å². The Kier molecular flexibility index (Phi) is 6.67. The van der Waals surface area contributed by atoms with Crippen molar-refractivity contribution in [1.29, 1.82) is 0 Å². The van der Waals surface area contributed by atoms with Gasteiger partial charge in [0.25, 0.3) is 0 Å². The molecule has 2 nitrogen and oxygen atoms in total. The molecule has 24 heavy (non-hydrogen) atoms. The number of fused-ring (bicyclic) bond motifs is 2. The van der Waals surface area contributed by atoms with Crippen LogP contribution in [0.15, 0.2) is 58.3 Å². The van der Waals surface area contributed by atoms with Crippen LogP contribution in [0.1, 0.15) is 11.1 Å². The summed E-state index contributed by atoms with van der Waals surface area (Å²) < 4.78 is 0. The van der Waals surface area contributed by atoms with Gasteiger partial charge in [0.15, 0.2) is 0 Å². The van der Waals surface area contributed by atoms with Crippen LogP contribution in [0.3, 0.4) is 0 Å². The highest BCUT2D eigenvalue weighted by Gasteiger charge is 2.11. The maximum absolute atomic E-state index is 2.43. The van der Waals surface area contributed by atoms with Crippen molar-refractivity contribution in [2.45, 2.75) is 22.9 Å². The van der Waals surface area contributed by atoms with Crippen molar-refractivity contribution in [3.8, 4) is 0 Å². The summed E-state index contributed by atoms with van der Waals surface area (Å²) in [7, 11) is 4.45. The third-order valence-electron chi connectivity index (χ3n) is 4.29. The number of thioether (sulfide) groups is 2. The van der Waals surface area contributed by atoms with Crippen LogP contribution in [0.4, 0.5) is 0 Å². The lowest BCUT2D eigenvalue weighted by Gasteiger charge is -2.24. The van der Waals surface area contributed by atoms with Crippen molar-refractivity contribution >= 4 is 23.5 Å². The van der Waals surface area contributed by atoms with Gasteiger partial charge in [-0.15, -0.1) is 23.5 Å². The van der Waals surface area contributed by atoms with Gasteiger partial charge in [-0.1, -0.05) is 36.4 Å². The zero-order valence-corrected chi connectivity index (χ0v) is 16.2. The van der Waals surface area contributed by atoms with Crippen molar-refractivity contribution in [3.63, 3.8) is 0 Å². The summed E-state index contributed by atoms with van der Waals surface area (Å²) in [6.45, 7) is 4.23. The first-order chi connectivity index (χ1) is 11.7. The Bertz CT molecular complexity index is 602. The van der Waals surface area contributed by atoms with Gasteiger partial charge >= 0.3 is 0 Å². The predicted molar refractivity (Wildman–Crippen MR) is 107 cm³/mol. The summed E-state index contributed by atoms with van der Waals surface area (Å²) in [5.41, 5.74) is 2.91. The Morgan fingerprint density at radius 2 is 1.08 bits per heavy atom. The Hall–Kier alpha value is -0.940. The molecule has 0 aliphatic carbocycles. The van der Waals surface area contributed by atoms with E-state index in [1.807, 2.05) is 23.5 Å². The molecule has 2 aromatic rings. The largest absolute Gasteiger partial charge is 0.301 e. The average molecular weight is 359 g/mol. The van der Waals surface area contributed by atoms with Crippen molar-refractivity contribution in [1.82, 2.24) is 9.80 Å². The lowest BCUT2D eigenvalue weighted by atomic mass is 10.2. The molecule has 1 heterocycles. The van der Waals surface area contributed by atoms with E-state index < -0.39 is 0 Å². The topological polar surface area (TPSA) is 6.48 Å². The number of likely N-dealkylation sites (N-methyl/N-ethyl adjacent to an activating group) is 2. The zero-order valence-electron chi connectivity index (χ0n) is 14.6. The smallest absolute Gasteiger partial charge is 0.0242 e. The summed E-state index contributed by atoms with van der Waals surface area (Å²) in [6, 6.07) is 17.7. The Morgan fingerprint density at radius 1 is 0.667 bits per heavy atom. The van der Waals surface area contributed by atoms with Gasteiger partial charge in [-0.25, -0.2) is 0 Å². The van der Waals surface area contributed by atoms with Gasteiger partial charge in [-0.05, 0) is 37.4 Å². The molecule has 3 rings (SSSR count). The van der Waals surface area contributed by atoms with Crippen molar-refractivity contribution in [2.24, 2.45) is 0 Å². The maximum atomic E-state index is 2.43. The van der Waals surface area contributed by atoms with Gasteiger partial charge in [-0.3, -0.25) is 0 Å². The van der Waals surface area contributed by atoms with E-state index in [4.69, 9.17) is 0 Å². The molecule has 0 saturated heterocycles. The molecule has 0 N–H and O–H groups in total. The monoisotopic (exact) mass is 358 g/mol. The number of hydrogen-bond donors (Lipinski definition) is 0. The molecule has 0 bridgehead atoms. The van der Waals surface area contributed by atoms with E-state index in [9.17, 15) is 0 Å². The molecular formula is C20H26N2S2. The standard InChI is InChI=1S/C20H26N2S2/c1-21-11-12-22(2)16-18-8-4-6-10-20(18)24-14-13-23-19-9-5-3-7-17(19)15-21/h3-10H,11-16H2,1-2H3. The molecule has 0 unspecified atom stereocenters. The van der Waals surface area contributed by atoms with Crippen molar-refractivity contribution < 1.29 is 0 Å². The molecule has 0 aromatic heterocycles. The summed E-state index contributed by atoms with van der Waals surface area (Å²) in [5.74, 6) is 2.30. The predicted octanol–water partition coefficient (Wildman–Crippen LogP) is 4.45. The zero-order chi connectivity index (χ0) is 16.8. The van der Waals surface area contributed by atoms with Gasteiger partial charge in [0, 0.05) is 47.5 Å². The highest BCUT2D eigenvalue weighted by molar-refractivity contribution is 8.03. The fourth-order valence-corrected chi connectivity index (χ4v) is 5.03. The summed E-state index contributed by atoms with van der Waals surface area (Å²) >= 11 is 3.99. The minimum absolute atomic E-state index is 1.03.